The predicted molar refractivity (Wildman–Crippen MR) is 96.6 cm³/mol. The van der Waals surface area contributed by atoms with Gasteiger partial charge in [-0.15, -0.1) is 0 Å². The lowest BCUT2D eigenvalue weighted by Crippen LogP contribution is -2.26. The van der Waals surface area contributed by atoms with Crippen LogP contribution in [0.2, 0.25) is 0 Å². The third-order valence-electron chi connectivity index (χ3n) is 4.12. The second-order valence-corrected chi connectivity index (χ2v) is 7.58. The van der Waals surface area contributed by atoms with Gasteiger partial charge in [0.15, 0.2) is 0 Å². The molecular weight excluding hydrogens is 340 g/mol. The summed E-state index contributed by atoms with van der Waals surface area (Å²) in [5.41, 5.74) is 2.28. The second-order valence-electron chi connectivity index (χ2n) is 5.74. The Balaban J connectivity index is 2.11. The maximum Gasteiger partial charge on any atom is 0.247 e. The molecule has 0 spiro atoms. The molecule has 2 aromatic rings. The van der Waals surface area contributed by atoms with Crippen LogP contribution in [0.5, 0.6) is 11.5 Å². The number of nitrogens with zero attached hydrogens (tertiary/aromatic N) is 2. The number of rotatable bonds is 5. The average molecular weight is 360 g/mol. The smallest absolute Gasteiger partial charge is 0.247 e. The van der Waals surface area contributed by atoms with Crippen molar-refractivity contribution < 1.29 is 17.9 Å². The summed E-state index contributed by atoms with van der Waals surface area (Å²) in [4.78, 5) is 0. The standard InChI is InChI=1S/C18H20N2O4S/c1-23-16-10-7-11-17(24-2)18(16)15-12-14(13-8-5-4-6-9-13)19-20(15)25(3,21)22/h4-11,15H,12H2,1-3H3. The Bertz CT molecular complexity index is 872. The number of hydrazone groups is 1. The van der Waals surface area contributed by atoms with Crippen molar-refractivity contribution in [1.82, 2.24) is 4.41 Å². The van der Waals surface area contributed by atoms with Gasteiger partial charge in [0.25, 0.3) is 0 Å². The van der Waals surface area contributed by atoms with Gasteiger partial charge in [0.1, 0.15) is 17.5 Å². The van der Waals surface area contributed by atoms with Crippen LogP contribution in [0.3, 0.4) is 0 Å². The molecule has 2 aromatic carbocycles. The molecule has 6 nitrogen and oxygen atoms in total. The zero-order valence-electron chi connectivity index (χ0n) is 14.3. The van der Waals surface area contributed by atoms with Gasteiger partial charge in [-0.1, -0.05) is 36.4 Å². The first kappa shape index (κ1) is 17.3. The van der Waals surface area contributed by atoms with Crippen LogP contribution in [-0.4, -0.2) is 39.0 Å². The summed E-state index contributed by atoms with van der Waals surface area (Å²) >= 11 is 0. The molecule has 1 aliphatic rings. The topological polar surface area (TPSA) is 68.2 Å². The van der Waals surface area contributed by atoms with Gasteiger partial charge in [-0.2, -0.15) is 9.52 Å². The van der Waals surface area contributed by atoms with Gasteiger partial charge in [0.05, 0.1) is 31.8 Å². The Labute approximate surface area is 147 Å². The summed E-state index contributed by atoms with van der Waals surface area (Å²) in [6.07, 6.45) is 1.59. The summed E-state index contributed by atoms with van der Waals surface area (Å²) in [6.45, 7) is 0. The van der Waals surface area contributed by atoms with E-state index in [4.69, 9.17) is 9.47 Å². The highest BCUT2D eigenvalue weighted by molar-refractivity contribution is 7.88. The van der Waals surface area contributed by atoms with Crippen molar-refractivity contribution in [3.8, 4) is 11.5 Å². The summed E-state index contributed by atoms with van der Waals surface area (Å²) in [7, 11) is -0.451. The Kier molecular flexibility index (Phi) is 4.67. The quantitative estimate of drug-likeness (QED) is 0.822. The van der Waals surface area contributed by atoms with Crippen molar-refractivity contribution in [2.24, 2.45) is 5.10 Å². The molecule has 0 saturated carbocycles. The highest BCUT2D eigenvalue weighted by Crippen LogP contribution is 2.43. The molecule has 1 aliphatic heterocycles. The minimum Gasteiger partial charge on any atom is -0.496 e. The zero-order chi connectivity index (χ0) is 18.0. The summed E-state index contributed by atoms with van der Waals surface area (Å²) in [6, 6.07) is 14.4. The van der Waals surface area contributed by atoms with Crippen LogP contribution >= 0.6 is 0 Å². The van der Waals surface area contributed by atoms with E-state index in [1.807, 2.05) is 30.3 Å². The van der Waals surface area contributed by atoms with Crippen LogP contribution in [0, 0.1) is 0 Å². The highest BCUT2D eigenvalue weighted by Gasteiger charge is 2.37. The largest absolute Gasteiger partial charge is 0.496 e. The normalized spacial score (nSPS) is 17.3. The van der Waals surface area contributed by atoms with Crippen molar-refractivity contribution in [2.45, 2.75) is 12.5 Å². The van der Waals surface area contributed by atoms with Gasteiger partial charge in [0.2, 0.25) is 10.0 Å². The van der Waals surface area contributed by atoms with Gasteiger partial charge in [0, 0.05) is 6.42 Å². The van der Waals surface area contributed by atoms with Gasteiger partial charge in [-0.05, 0) is 17.7 Å². The molecular formula is C18H20N2O4S. The SMILES string of the molecule is COc1cccc(OC)c1C1CC(c2ccccc2)=NN1S(C)(=O)=O. The molecule has 1 atom stereocenters. The minimum absolute atomic E-state index is 0.438. The molecule has 1 heterocycles. The van der Waals surface area contributed by atoms with E-state index >= 15 is 0 Å². The van der Waals surface area contributed by atoms with Crippen LogP contribution in [-0.2, 0) is 10.0 Å². The Morgan fingerprint density at radius 1 is 1.00 bits per heavy atom. The van der Waals surface area contributed by atoms with E-state index in [0.29, 0.717) is 29.2 Å². The van der Waals surface area contributed by atoms with Crippen molar-refractivity contribution in [3.05, 3.63) is 59.7 Å². The number of benzene rings is 2. The van der Waals surface area contributed by atoms with Gasteiger partial charge < -0.3 is 9.47 Å². The third kappa shape index (κ3) is 3.32. The predicted octanol–water partition coefficient (Wildman–Crippen LogP) is 2.81. The van der Waals surface area contributed by atoms with Crippen molar-refractivity contribution >= 4 is 15.7 Å². The lowest BCUT2D eigenvalue weighted by Gasteiger charge is -2.24. The first-order chi connectivity index (χ1) is 12.0. The fourth-order valence-electron chi connectivity index (χ4n) is 3.02. The monoisotopic (exact) mass is 360 g/mol. The number of sulfonamides is 1. The van der Waals surface area contributed by atoms with Crippen LogP contribution < -0.4 is 9.47 Å². The minimum atomic E-state index is -3.56. The molecule has 0 amide bonds. The maximum atomic E-state index is 12.3. The molecule has 0 fully saturated rings. The molecule has 7 heteroatoms. The lowest BCUT2D eigenvalue weighted by atomic mass is 9.97. The van der Waals surface area contributed by atoms with Crippen LogP contribution in [0.25, 0.3) is 0 Å². The van der Waals surface area contributed by atoms with Crippen LogP contribution in [0.15, 0.2) is 53.6 Å². The van der Waals surface area contributed by atoms with E-state index < -0.39 is 16.1 Å². The fourth-order valence-corrected chi connectivity index (χ4v) is 3.91. The van der Waals surface area contributed by atoms with Gasteiger partial charge in [-0.3, -0.25) is 0 Å². The van der Waals surface area contributed by atoms with E-state index in [-0.39, 0.29) is 0 Å². The average Bonchev–Trinajstić information content (AvgIpc) is 3.07. The Morgan fingerprint density at radius 3 is 2.12 bits per heavy atom. The molecule has 0 radical (unpaired) electrons. The first-order valence-electron chi connectivity index (χ1n) is 7.79. The fraction of sp³-hybridized carbons (Fsp3) is 0.278. The zero-order valence-corrected chi connectivity index (χ0v) is 15.2. The van der Waals surface area contributed by atoms with Gasteiger partial charge >= 0.3 is 0 Å². The molecule has 0 aliphatic carbocycles. The number of hydrogen-bond acceptors (Lipinski definition) is 5. The number of ether oxygens (including phenoxy) is 2. The lowest BCUT2D eigenvalue weighted by molar-refractivity contribution is 0.332. The van der Waals surface area contributed by atoms with Gasteiger partial charge in [-0.25, -0.2) is 8.42 Å². The van der Waals surface area contributed by atoms with E-state index in [1.54, 1.807) is 32.4 Å². The molecule has 0 aromatic heterocycles. The van der Waals surface area contributed by atoms with Crippen molar-refractivity contribution in [2.75, 3.05) is 20.5 Å². The number of hydrogen-bond donors (Lipinski definition) is 0. The van der Waals surface area contributed by atoms with Crippen molar-refractivity contribution in [1.29, 1.82) is 0 Å². The molecule has 0 saturated heterocycles. The van der Waals surface area contributed by atoms with E-state index in [2.05, 4.69) is 5.10 Å². The summed E-state index contributed by atoms with van der Waals surface area (Å²) in [5, 5.41) is 4.39. The third-order valence-corrected chi connectivity index (χ3v) is 5.13. The van der Waals surface area contributed by atoms with Crippen molar-refractivity contribution in [3.63, 3.8) is 0 Å². The van der Waals surface area contributed by atoms with Crippen LogP contribution in [0.1, 0.15) is 23.6 Å². The molecule has 0 bridgehead atoms. The molecule has 25 heavy (non-hydrogen) atoms. The highest BCUT2D eigenvalue weighted by atomic mass is 32.2. The van der Waals surface area contributed by atoms with E-state index in [1.165, 1.54) is 0 Å². The molecule has 1 unspecified atom stereocenters. The second kappa shape index (κ2) is 6.76. The van der Waals surface area contributed by atoms with Crippen LogP contribution in [0.4, 0.5) is 0 Å². The molecule has 0 N–H and O–H groups in total. The molecule has 3 rings (SSSR count). The Morgan fingerprint density at radius 2 is 1.60 bits per heavy atom. The van der Waals surface area contributed by atoms with E-state index in [0.717, 1.165) is 16.2 Å². The number of methoxy groups -OCH3 is 2. The Hall–Kier alpha value is -2.54. The maximum absolute atomic E-state index is 12.3. The first-order valence-corrected chi connectivity index (χ1v) is 9.63. The van der Waals surface area contributed by atoms with E-state index in [9.17, 15) is 8.42 Å². The summed E-state index contributed by atoms with van der Waals surface area (Å²) in [5.74, 6) is 1.14. The summed E-state index contributed by atoms with van der Waals surface area (Å²) < 4.78 is 36.7. The molecule has 132 valence electrons.